The summed E-state index contributed by atoms with van der Waals surface area (Å²) < 4.78 is 10.7. The van der Waals surface area contributed by atoms with Gasteiger partial charge in [0, 0.05) is 28.9 Å². The fourth-order valence-electron chi connectivity index (χ4n) is 3.11. The summed E-state index contributed by atoms with van der Waals surface area (Å²) in [6.07, 6.45) is 4.61. The van der Waals surface area contributed by atoms with Crippen LogP contribution in [0.2, 0.25) is 0 Å². The summed E-state index contributed by atoms with van der Waals surface area (Å²) in [6, 6.07) is 20.3. The summed E-state index contributed by atoms with van der Waals surface area (Å²) in [5, 5.41) is 5.67. The average Bonchev–Trinajstić information content (AvgIpc) is 3.33. The van der Waals surface area contributed by atoms with E-state index in [0.29, 0.717) is 18.0 Å². The Morgan fingerprint density at radius 1 is 1.06 bits per heavy atom. The van der Waals surface area contributed by atoms with Gasteiger partial charge in [0.2, 0.25) is 0 Å². The summed E-state index contributed by atoms with van der Waals surface area (Å²) in [4.78, 5) is 32.9. The highest BCUT2D eigenvalue weighted by Gasteiger charge is 2.08. The van der Waals surface area contributed by atoms with Gasteiger partial charge in [-0.15, -0.1) is 11.3 Å². The van der Waals surface area contributed by atoms with Gasteiger partial charge in [-0.05, 0) is 55.0 Å². The highest BCUT2D eigenvalue weighted by atomic mass is 32.1. The van der Waals surface area contributed by atoms with Crippen LogP contribution in [0.25, 0.3) is 17.3 Å². The van der Waals surface area contributed by atoms with Crippen molar-refractivity contribution in [1.29, 1.82) is 0 Å². The van der Waals surface area contributed by atoms with Crippen molar-refractivity contribution in [2.24, 2.45) is 0 Å². The lowest BCUT2D eigenvalue weighted by Crippen LogP contribution is -2.20. The van der Waals surface area contributed by atoms with Crippen molar-refractivity contribution in [3.05, 3.63) is 101 Å². The van der Waals surface area contributed by atoms with Crippen molar-refractivity contribution in [2.75, 3.05) is 11.9 Å². The first kappa shape index (κ1) is 23.8. The molecule has 2 aromatic heterocycles. The molecular weight excluding hydrogens is 462 g/mol. The molecule has 2 heterocycles. The molecule has 7 nitrogen and oxygen atoms in total. The number of thiazole rings is 1. The van der Waals surface area contributed by atoms with Crippen LogP contribution < -0.4 is 10.1 Å². The molecule has 4 rings (SSSR count). The van der Waals surface area contributed by atoms with Crippen molar-refractivity contribution in [3.63, 3.8) is 0 Å². The van der Waals surface area contributed by atoms with E-state index in [-0.39, 0.29) is 6.61 Å². The molecule has 0 aliphatic rings. The van der Waals surface area contributed by atoms with Crippen LogP contribution in [0.15, 0.2) is 84.4 Å². The van der Waals surface area contributed by atoms with E-state index in [0.717, 1.165) is 27.5 Å². The zero-order valence-corrected chi connectivity index (χ0v) is 19.8. The maximum atomic E-state index is 12.2. The van der Waals surface area contributed by atoms with Gasteiger partial charge >= 0.3 is 5.97 Å². The number of pyridine rings is 1. The van der Waals surface area contributed by atoms with Crippen molar-refractivity contribution in [2.45, 2.75) is 13.5 Å². The minimum absolute atomic E-state index is 0.374. The Kier molecular flexibility index (Phi) is 7.98. The summed E-state index contributed by atoms with van der Waals surface area (Å²) >= 11 is 1.56. The molecule has 0 atom stereocenters. The van der Waals surface area contributed by atoms with Gasteiger partial charge in [0.05, 0.1) is 16.4 Å². The van der Waals surface area contributed by atoms with E-state index >= 15 is 0 Å². The molecule has 0 radical (unpaired) electrons. The zero-order valence-electron chi connectivity index (χ0n) is 19.0. The molecular formula is C27H23N3O4S. The van der Waals surface area contributed by atoms with Crippen molar-refractivity contribution < 1.29 is 19.1 Å². The number of hydrogen-bond acceptors (Lipinski definition) is 7. The van der Waals surface area contributed by atoms with Gasteiger partial charge in [-0.1, -0.05) is 30.3 Å². The van der Waals surface area contributed by atoms with Crippen LogP contribution in [0.4, 0.5) is 5.69 Å². The number of ether oxygens (including phenoxy) is 2. The van der Waals surface area contributed by atoms with E-state index in [2.05, 4.69) is 15.3 Å². The molecule has 4 aromatic rings. The van der Waals surface area contributed by atoms with Crippen molar-refractivity contribution in [3.8, 4) is 17.0 Å². The number of esters is 1. The number of benzene rings is 2. The smallest absolute Gasteiger partial charge is 0.331 e. The van der Waals surface area contributed by atoms with Crippen LogP contribution in [0.3, 0.4) is 0 Å². The van der Waals surface area contributed by atoms with E-state index in [1.165, 1.54) is 6.08 Å². The van der Waals surface area contributed by atoms with Crippen LogP contribution in [0.1, 0.15) is 16.3 Å². The van der Waals surface area contributed by atoms with Crippen LogP contribution in [0.5, 0.6) is 5.75 Å². The molecule has 0 unspecified atom stereocenters. The van der Waals surface area contributed by atoms with Gasteiger partial charge in [-0.3, -0.25) is 9.78 Å². The Morgan fingerprint density at radius 2 is 1.91 bits per heavy atom. The zero-order chi connectivity index (χ0) is 24.5. The molecule has 35 heavy (non-hydrogen) atoms. The molecule has 1 amide bonds. The van der Waals surface area contributed by atoms with Crippen LogP contribution in [0, 0.1) is 6.92 Å². The quantitative estimate of drug-likeness (QED) is 0.256. The molecule has 0 saturated carbocycles. The summed E-state index contributed by atoms with van der Waals surface area (Å²) in [7, 11) is 0. The second-order valence-corrected chi connectivity index (χ2v) is 8.56. The van der Waals surface area contributed by atoms with Crippen LogP contribution in [-0.4, -0.2) is 28.5 Å². The molecule has 1 N–H and O–H groups in total. The first-order valence-electron chi connectivity index (χ1n) is 10.9. The predicted octanol–water partition coefficient (Wildman–Crippen LogP) is 5.29. The fraction of sp³-hybridized carbons (Fsp3) is 0.111. The molecule has 2 aromatic carbocycles. The Morgan fingerprint density at radius 3 is 2.66 bits per heavy atom. The number of carbonyl (C=O) groups excluding carboxylic acids is 2. The normalized spacial score (nSPS) is 10.8. The SMILES string of the molecule is Cc1nc(-c2cccc(NC(=O)COC(=O)C=Cc3ccc(OCc4ccccn4)cc3)c2)cs1. The number of nitrogens with one attached hydrogen (secondary N) is 1. The molecule has 0 fully saturated rings. The number of rotatable bonds is 9. The van der Waals surface area contributed by atoms with Gasteiger partial charge in [-0.25, -0.2) is 9.78 Å². The standard InChI is InChI=1S/C27H23N3O4S/c1-19-29-25(18-35-19)21-5-4-7-22(15-21)30-26(31)17-34-27(32)13-10-20-8-11-24(12-9-20)33-16-23-6-2-3-14-28-23/h2-15,18H,16-17H2,1H3,(H,30,31). The second kappa shape index (κ2) is 11.7. The molecule has 0 spiro atoms. The van der Waals surface area contributed by atoms with Gasteiger partial charge in [-0.2, -0.15) is 0 Å². The summed E-state index contributed by atoms with van der Waals surface area (Å²) in [5.41, 5.74) is 4.00. The number of amides is 1. The lowest BCUT2D eigenvalue weighted by Gasteiger charge is -2.07. The number of carbonyl (C=O) groups is 2. The summed E-state index contributed by atoms with van der Waals surface area (Å²) in [5.74, 6) is -0.337. The Hall–Kier alpha value is -4.30. The number of hydrogen-bond donors (Lipinski definition) is 1. The largest absolute Gasteiger partial charge is 0.487 e. The third-order valence-electron chi connectivity index (χ3n) is 4.81. The highest BCUT2D eigenvalue weighted by molar-refractivity contribution is 7.09. The Labute approximate surface area is 207 Å². The van der Waals surface area contributed by atoms with Gasteiger partial charge in [0.25, 0.3) is 5.91 Å². The minimum Gasteiger partial charge on any atom is -0.487 e. The van der Waals surface area contributed by atoms with Crippen molar-refractivity contribution >= 4 is 35.0 Å². The van der Waals surface area contributed by atoms with Crippen LogP contribution >= 0.6 is 11.3 Å². The number of anilines is 1. The molecule has 0 saturated heterocycles. The average molecular weight is 486 g/mol. The Balaban J connectivity index is 1.22. The van der Waals surface area contributed by atoms with E-state index in [1.807, 2.05) is 73.0 Å². The minimum atomic E-state index is -0.609. The van der Waals surface area contributed by atoms with Gasteiger partial charge in [0.15, 0.2) is 6.61 Å². The Bertz CT molecular complexity index is 1320. The lowest BCUT2D eigenvalue weighted by molar-refractivity contribution is -0.142. The monoisotopic (exact) mass is 485 g/mol. The first-order chi connectivity index (χ1) is 17.0. The molecule has 176 valence electrons. The van der Waals surface area contributed by atoms with E-state index in [4.69, 9.17) is 9.47 Å². The van der Waals surface area contributed by atoms with Gasteiger partial charge in [0.1, 0.15) is 12.4 Å². The number of nitrogens with zero attached hydrogens (tertiary/aromatic N) is 2. The maximum Gasteiger partial charge on any atom is 0.331 e. The van der Waals surface area contributed by atoms with Crippen LogP contribution in [-0.2, 0) is 20.9 Å². The third kappa shape index (κ3) is 7.35. The number of aromatic nitrogens is 2. The third-order valence-corrected chi connectivity index (χ3v) is 5.58. The fourth-order valence-corrected chi connectivity index (χ4v) is 3.74. The second-order valence-electron chi connectivity index (χ2n) is 7.50. The first-order valence-corrected chi connectivity index (χ1v) is 11.7. The van der Waals surface area contributed by atoms with Gasteiger partial charge < -0.3 is 14.8 Å². The molecule has 0 aliphatic heterocycles. The number of aryl methyl sites for hydroxylation is 1. The molecule has 0 bridgehead atoms. The molecule has 8 heteroatoms. The predicted molar refractivity (Wildman–Crippen MR) is 136 cm³/mol. The van der Waals surface area contributed by atoms with E-state index in [1.54, 1.807) is 29.7 Å². The topological polar surface area (TPSA) is 90.4 Å². The molecule has 0 aliphatic carbocycles. The maximum absolute atomic E-state index is 12.2. The van der Waals surface area contributed by atoms with E-state index < -0.39 is 11.9 Å². The highest BCUT2D eigenvalue weighted by Crippen LogP contribution is 2.24. The van der Waals surface area contributed by atoms with E-state index in [9.17, 15) is 9.59 Å². The summed E-state index contributed by atoms with van der Waals surface area (Å²) in [6.45, 7) is 1.93. The lowest BCUT2D eigenvalue weighted by atomic mass is 10.1. The van der Waals surface area contributed by atoms with Crippen molar-refractivity contribution in [1.82, 2.24) is 9.97 Å².